The van der Waals surface area contributed by atoms with Gasteiger partial charge in [-0.3, -0.25) is 14.9 Å². The molecule has 26 heavy (non-hydrogen) atoms. The van der Waals surface area contributed by atoms with Crippen molar-refractivity contribution in [1.29, 1.82) is 0 Å². The lowest BCUT2D eigenvalue weighted by Crippen LogP contribution is -2.18. The van der Waals surface area contributed by atoms with E-state index in [0.29, 0.717) is 17.2 Å². The smallest absolute Gasteiger partial charge is 0.257 e. The van der Waals surface area contributed by atoms with Crippen LogP contribution < -0.4 is 10.6 Å². The summed E-state index contributed by atoms with van der Waals surface area (Å²) >= 11 is 1.39. The van der Waals surface area contributed by atoms with Crippen LogP contribution in [0.1, 0.15) is 28.4 Å². The van der Waals surface area contributed by atoms with Crippen LogP contribution in [0.3, 0.4) is 0 Å². The lowest BCUT2D eigenvalue weighted by Gasteiger charge is -2.04. The highest BCUT2D eigenvalue weighted by Crippen LogP contribution is 2.25. The van der Waals surface area contributed by atoms with Gasteiger partial charge in [-0.05, 0) is 24.6 Å². The molecule has 0 radical (unpaired) electrons. The first-order valence-corrected chi connectivity index (χ1v) is 9.06. The second kappa shape index (κ2) is 7.93. The predicted molar refractivity (Wildman–Crippen MR) is 104 cm³/mol. The Hall–Kier alpha value is -2.99. The van der Waals surface area contributed by atoms with Gasteiger partial charge in [-0.1, -0.05) is 42.0 Å². The number of carbonyl (C=O) groups excluding carboxylic acids is 2. The Labute approximate surface area is 156 Å². The molecule has 2 amide bonds. The fraction of sp³-hybridized carbons (Fsp3) is 0.150. The van der Waals surface area contributed by atoms with E-state index in [9.17, 15) is 9.59 Å². The van der Waals surface area contributed by atoms with Crippen molar-refractivity contribution in [3.63, 3.8) is 0 Å². The number of hydrogen-bond donors (Lipinski definition) is 2. The van der Waals surface area contributed by atoms with Gasteiger partial charge in [0.2, 0.25) is 5.91 Å². The molecular formula is C20H19N3O2S. The van der Waals surface area contributed by atoms with Gasteiger partial charge in [0.05, 0.1) is 5.69 Å². The molecule has 1 heterocycles. The summed E-state index contributed by atoms with van der Waals surface area (Å²) in [5.41, 5.74) is 4.44. The minimum absolute atomic E-state index is 0.0532. The maximum Gasteiger partial charge on any atom is 0.257 e. The largest absolute Gasteiger partial charge is 0.352 e. The third-order valence-electron chi connectivity index (χ3n) is 3.80. The van der Waals surface area contributed by atoms with Gasteiger partial charge >= 0.3 is 0 Å². The van der Waals surface area contributed by atoms with Gasteiger partial charge in [0, 0.05) is 30.0 Å². The van der Waals surface area contributed by atoms with Crippen molar-refractivity contribution < 1.29 is 9.59 Å². The quantitative estimate of drug-likeness (QED) is 0.718. The van der Waals surface area contributed by atoms with Crippen molar-refractivity contribution >= 4 is 28.3 Å². The molecule has 0 atom stereocenters. The molecule has 3 rings (SSSR count). The standard InChI is InChI=1S/C20H19N3O2S/c1-13-4-3-5-17(10-13)19(25)23-20-22-18(12-26-20)16-8-6-15(7-9-16)11-21-14(2)24/h3-10,12H,11H2,1-2H3,(H,21,24)(H,22,23,25). The maximum absolute atomic E-state index is 12.3. The lowest BCUT2D eigenvalue weighted by atomic mass is 10.1. The Morgan fingerprint density at radius 1 is 1.12 bits per heavy atom. The predicted octanol–water partition coefficient (Wildman–Crippen LogP) is 4.01. The number of benzene rings is 2. The highest BCUT2D eigenvalue weighted by atomic mass is 32.1. The van der Waals surface area contributed by atoms with Gasteiger partial charge in [-0.25, -0.2) is 4.98 Å². The average molecular weight is 365 g/mol. The van der Waals surface area contributed by atoms with Crippen LogP contribution in [0, 0.1) is 6.92 Å². The van der Waals surface area contributed by atoms with E-state index >= 15 is 0 Å². The molecule has 2 N–H and O–H groups in total. The molecule has 1 aromatic heterocycles. The molecule has 2 aromatic carbocycles. The van der Waals surface area contributed by atoms with Gasteiger partial charge in [-0.2, -0.15) is 0 Å². The highest BCUT2D eigenvalue weighted by Gasteiger charge is 2.10. The Bertz CT molecular complexity index is 932. The van der Waals surface area contributed by atoms with Crippen molar-refractivity contribution in [2.24, 2.45) is 0 Å². The summed E-state index contributed by atoms with van der Waals surface area (Å²) in [4.78, 5) is 27.8. The van der Waals surface area contributed by atoms with E-state index in [0.717, 1.165) is 22.4 Å². The van der Waals surface area contributed by atoms with Gasteiger partial charge in [0.25, 0.3) is 5.91 Å². The fourth-order valence-electron chi connectivity index (χ4n) is 2.44. The first kappa shape index (κ1) is 17.8. The monoisotopic (exact) mass is 365 g/mol. The van der Waals surface area contributed by atoms with Crippen LogP contribution in [-0.4, -0.2) is 16.8 Å². The van der Waals surface area contributed by atoms with E-state index in [1.165, 1.54) is 18.3 Å². The van der Waals surface area contributed by atoms with Crippen LogP contribution in [-0.2, 0) is 11.3 Å². The minimum Gasteiger partial charge on any atom is -0.352 e. The molecule has 0 fully saturated rings. The molecule has 0 saturated carbocycles. The molecule has 0 unspecified atom stereocenters. The molecular weight excluding hydrogens is 346 g/mol. The van der Waals surface area contributed by atoms with Crippen molar-refractivity contribution in [2.45, 2.75) is 20.4 Å². The summed E-state index contributed by atoms with van der Waals surface area (Å²) in [5.74, 6) is -0.220. The summed E-state index contributed by atoms with van der Waals surface area (Å²) < 4.78 is 0. The Morgan fingerprint density at radius 2 is 1.88 bits per heavy atom. The Balaban J connectivity index is 1.67. The van der Waals surface area contributed by atoms with Crippen molar-refractivity contribution in [2.75, 3.05) is 5.32 Å². The van der Waals surface area contributed by atoms with Crippen LogP contribution in [0.2, 0.25) is 0 Å². The Morgan fingerprint density at radius 3 is 2.58 bits per heavy atom. The van der Waals surface area contributed by atoms with E-state index in [1.54, 1.807) is 6.07 Å². The average Bonchev–Trinajstić information content (AvgIpc) is 3.09. The summed E-state index contributed by atoms with van der Waals surface area (Å²) in [5, 5.41) is 8.08. The SMILES string of the molecule is CC(=O)NCc1ccc(-c2csc(NC(=O)c3cccc(C)c3)n2)cc1. The molecule has 132 valence electrons. The zero-order chi connectivity index (χ0) is 18.5. The van der Waals surface area contributed by atoms with Crippen LogP contribution in [0.4, 0.5) is 5.13 Å². The molecule has 3 aromatic rings. The van der Waals surface area contributed by atoms with Crippen molar-refractivity contribution in [3.8, 4) is 11.3 Å². The van der Waals surface area contributed by atoms with E-state index in [4.69, 9.17) is 0 Å². The second-order valence-electron chi connectivity index (χ2n) is 5.97. The number of thiazole rings is 1. The minimum atomic E-state index is -0.166. The number of anilines is 1. The molecule has 0 bridgehead atoms. The molecule has 0 aliphatic carbocycles. The Kier molecular flexibility index (Phi) is 5.43. The van der Waals surface area contributed by atoms with E-state index in [2.05, 4.69) is 15.6 Å². The molecule has 6 heteroatoms. The molecule has 0 spiro atoms. The zero-order valence-corrected chi connectivity index (χ0v) is 15.4. The number of nitrogens with zero attached hydrogens (tertiary/aromatic N) is 1. The van der Waals surface area contributed by atoms with Gasteiger partial charge < -0.3 is 5.32 Å². The van der Waals surface area contributed by atoms with E-state index in [1.807, 2.05) is 54.8 Å². The van der Waals surface area contributed by atoms with Crippen LogP contribution in [0.5, 0.6) is 0 Å². The summed E-state index contributed by atoms with van der Waals surface area (Å²) in [6.45, 7) is 3.95. The van der Waals surface area contributed by atoms with E-state index < -0.39 is 0 Å². The molecule has 0 saturated heterocycles. The first-order chi connectivity index (χ1) is 12.5. The van der Waals surface area contributed by atoms with Crippen LogP contribution in [0.15, 0.2) is 53.9 Å². The first-order valence-electron chi connectivity index (χ1n) is 8.18. The summed E-state index contributed by atoms with van der Waals surface area (Å²) in [6.07, 6.45) is 0. The van der Waals surface area contributed by atoms with E-state index in [-0.39, 0.29) is 11.8 Å². The number of carbonyl (C=O) groups is 2. The van der Waals surface area contributed by atoms with Gasteiger partial charge in [0.15, 0.2) is 5.13 Å². The topological polar surface area (TPSA) is 71.1 Å². The fourth-order valence-corrected chi connectivity index (χ4v) is 3.15. The second-order valence-corrected chi connectivity index (χ2v) is 6.83. The number of amides is 2. The number of nitrogens with one attached hydrogen (secondary N) is 2. The van der Waals surface area contributed by atoms with Gasteiger partial charge in [0.1, 0.15) is 0 Å². The highest BCUT2D eigenvalue weighted by molar-refractivity contribution is 7.14. The summed E-state index contributed by atoms with van der Waals surface area (Å²) in [7, 11) is 0. The number of hydrogen-bond acceptors (Lipinski definition) is 4. The van der Waals surface area contributed by atoms with Crippen LogP contribution in [0.25, 0.3) is 11.3 Å². The number of rotatable bonds is 5. The molecule has 0 aliphatic rings. The maximum atomic E-state index is 12.3. The molecule has 5 nitrogen and oxygen atoms in total. The number of aromatic nitrogens is 1. The lowest BCUT2D eigenvalue weighted by molar-refractivity contribution is -0.119. The van der Waals surface area contributed by atoms with Crippen molar-refractivity contribution in [3.05, 3.63) is 70.6 Å². The number of aryl methyl sites for hydroxylation is 1. The normalized spacial score (nSPS) is 10.4. The third kappa shape index (κ3) is 4.55. The zero-order valence-electron chi connectivity index (χ0n) is 14.6. The summed E-state index contributed by atoms with van der Waals surface area (Å²) in [6, 6.07) is 15.3. The molecule has 0 aliphatic heterocycles. The third-order valence-corrected chi connectivity index (χ3v) is 4.55. The van der Waals surface area contributed by atoms with Gasteiger partial charge in [-0.15, -0.1) is 11.3 Å². The van der Waals surface area contributed by atoms with Crippen LogP contribution >= 0.6 is 11.3 Å². The van der Waals surface area contributed by atoms with Crippen molar-refractivity contribution in [1.82, 2.24) is 10.3 Å².